The first-order valence-electron chi connectivity index (χ1n) is 7.16. The number of benzene rings is 2. The normalized spacial score (nSPS) is 10.1. The smallest absolute Gasteiger partial charge is 0.239 e. The van der Waals surface area contributed by atoms with Crippen LogP contribution < -0.4 is 15.4 Å². The second kappa shape index (κ2) is 8.02. The first-order chi connectivity index (χ1) is 10.7. The van der Waals surface area contributed by atoms with E-state index in [9.17, 15) is 9.18 Å². The van der Waals surface area contributed by atoms with Crippen LogP contribution in [0.1, 0.15) is 12.5 Å². The highest BCUT2D eigenvalue weighted by Gasteiger charge is 2.05. The molecule has 0 aliphatic heterocycles. The van der Waals surface area contributed by atoms with Crippen LogP contribution in [-0.4, -0.2) is 19.1 Å². The van der Waals surface area contributed by atoms with E-state index in [0.29, 0.717) is 13.2 Å². The van der Waals surface area contributed by atoms with Crippen LogP contribution in [0.15, 0.2) is 48.5 Å². The van der Waals surface area contributed by atoms with Crippen LogP contribution in [0.2, 0.25) is 0 Å². The molecule has 4 nitrogen and oxygen atoms in total. The Morgan fingerprint density at radius 3 is 2.59 bits per heavy atom. The van der Waals surface area contributed by atoms with Crippen LogP contribution >= 0.6 is 0 Å². The largest absolute Gasteiger partial charge is 0.492 e. The lowest BCUT2D eigenvalue weighted by Crippen LogP contribution is -2.29. The molecule has 0 aliphatic carbocycles. The summed E-state index contributed by atoms with van der Waals surface area (Å²) in [5, 5.41) is 5.82. The van der Waals surface area contributed by atoms with Gasteiger partial charge in [-0.15, -0.1) is 0 Å². The summed E-state index contributed by atoms with van der Waals surface area (Å²) in [6.45, 7) is 2.99. The van der Waals surface area contributed by atoms with Crippen molar-refractivity contribution in [3.63, 3.8) is 0 Å². The molecular formula is C17H19FN2O2. The molecule has 2 aromatic rings. The van der Waals surface area contributed by atoms with E-state index in [-0.39, 0.29) is 18.3 Å². The highest BCUT2D eigenvalue weighted by atomic mass is 19.1. The maximum absolute atomic E-state index is 12.8. The summed E-state index contributed by atoms with van der Waals surface area (Å²) in [6.07, 6.45) is 0. The van der Waals surface area contributed by atoms with Crippen LogP contribution in [0.3, 0.4) is 0 Å². The number of para-hydroxylation sites is 2. The average molecular weight is 302 g/mol. The first kappa shape index (κ1) is 15.8. The van der Waals surface area contributed by atoms with Crippen molar-refractivity contribution in [3.8, 4) is 5.75 Å². The summed E-state index contributed by atoms with van der Waals surface area (Å²) in [6, 6.07) is 13.5. The van der Waals surface area contributed by atoms with Gasteiger partial charge >= 0.3 is 0 Å². The minimum atomic E-state index is -0.288. The topological polar surface area (TPSA) is 50.4 Å². The number of hydrogen-bond acceptors (Lipinski definition) is 3. The van der Waals surface area contributed by atoms with Crippen molar-refractivity contribution in [2.45, 2.75) is 13.5 Å². The summed E-state index contributed by atoms with van der Waals surface area (Å²) in [7, 11) is 0. The van der Waals surface area contributed by atoms with Gasteiger partial charge in [-0.25, -0.2) is 4.39 Å². The molecule has 2 N–H and O–H groups in total. The lowest BCUT2D eigenvalue weighted by Gasteiger charge is -2.12. The van der Waals surface area contributed by atoms with Crippen LogP contribution in [0.5, 0.6) is 5.75 Å². The molecule has 0 unspecified atom stereocenters. The predicted octanol–water partition coefficient (Wildman–Crippen LogP) is 2.95. The average Bonchev–Trinajstić information content (AvgIpc) is 2.54. The van der Waals surface area contributed by atoms with E-state index < -0.39 is 0 Å². The molecular weight excluding hydrogens is 283 g/mol. The van der Waals surface area contributed by atoms with Crippen LogP contribution in [-0.2, 0) is 11.3 Å². The number of halogens is 1. The van der Waals surface area contributed by atoms with Crippen LogP contribution in [0, 0.1) is 5.82 Å². The van der Waals surface area contributed by atoms with Gasteiger partial charge in [0.15, 0.2) is 0 Å². The Morgan fingerprint density at radius 2 is 1.86 bits per heavy atom. The fourth-order valence-corrected chi connectivity index (χ4v) is 1.93. The van der Waals surface area contributed by atoms with E-state index in [1.807, 2.05) is 31.2 Å². The zero-order chi connectivity index (χ0) is 15.8. The zero-order valence-electron chi connectivity index (χ0n) is 12.4. The Morgan fingerprint density at radius 1 is 1.14 bits per heavy atom. The van der Waals surface area contributed by atoms with Crippen molar-refractivity contribution < 1.29 is 13.9 Å². The van der Waals surface area contributed by atoms with E-state index in [2.05, 4.69) is 10.6 Å². The van der Waals surface area contributed by atoms with E-state index in [0.717, 1.165) is 17.0 Å². The van der Waals surface area contributed by atoms with Gasteiger partial charge in [0.25, 0.3) is 0 Å². The fraction of sp³-hybridized carbons (Fsp3) is 0.235. The summed E-state index contributed by atoms with van der Waals surface area (Å²) < 4.78 is 18.3. The standard InChI is InChI=1S/C17H19FN2O2/c1-2-22-16-6-4-3-5-15(16)19-12-17(21)20-11-13-7-9-14(18)10-8-13/h3-10,19H,2,11-12H2,1H3,(H,20,21). The number of carbonyl (C=O) groups is 1. The minimum absolute atomic E-state index is 0.143. The molecule has 1 amide bonds. The SMILES string of the molecule is CCOc1ccccc1NCC(=O)NCc1ccc(F)cc1. The highest BCUT2D eigenvalue weighted by molar-refractivity contribution is 5.81. The Labute approximate surface area is 129 Å². The van der Waals surface area contributed by atoms with Crippen LogP contribution in [0.25, 0.3) is 0 Å². The number of amides is 1. The highest BCUT2D eigenvalue weighted by Crippen LogP contribution is 2.23. The summed E-state index contributed by atoms with van der Waals surface area (Å²) in [5.74, 6) is 0.288. The molecule has 0 saturated heterocycles. The number of carbonyl (C=O) groups excluding carboxylic acids is 1. The van der Waals surface area contributed by atoms with Gasteiger partial charge in [-0.1, -0.05) is 24.3 Å². The van der Waals surface area contributed by atoms with Gasteiger partial charge in [0.05, 0.1) is 18.8 Å². The number of nitrogens with one attached hydrogen (secondary N) is 2. The molecule has 0 heterocycles. The maximum Gasteiger partial charge on any atom is 0.239 e. The third-order valence-electron chi connectivity index (χ3n) is 3.03. The Bertz CT molecular complexity index is 614. The molecule has 0 bridgehead atoms. The molecule has 0 atom stereocenters. The zero-order valence-corrected chi connectivity index (χ0v) is 12.4. The molecule has 116 valence electrons. The molecule has 0 fully saturated rings. The molecule has 0 saturated carbocycles. The van der Waals surface area contributed by atoms with Gasteiger partial charge in [-0.05, 0) is 36.8 Å². The van der Waals surface area contributed by atoms with Gasteiger partial charge in [0.1, 0.15) is 11.6 Å². The molecule has 22 heavy (non-hydrogen) atoms. The molecule has 0 aliphatic rings. The van der Waals surface area contributed by atoms with Crippen molar-refractivity contribution in [1.29, 1.82) is 0 Å². The number of rotatable bonds is 7. The predicted molar refractivity (Wildman–Crippen MR) is 84.3 cm³/mol. The van der Waals surface area contributed by atoms with Gasteiger partial charge in [-0.3, -0.25) is 4.79 Å². The van der Waals surface area contributed by atoms with E-state index in [4.69, 9.17) is 4.74 Å². The van der Waals surface area contributed by atoms with Gasteiger partial charge < -0.3 is 15.4 Å². The number of ether oxygens (including phenoxy) is 1. The molecule has 0 aromatic heterocycles. The Kier molecular flexibility index (Phi) is 5.77. The second-order valence-corrected chi connectivity index (χ2v) is 4.69. The molecule has 0 spiro atoms. The van der Waals surface area contributed by atoms with Gasteiger partial charge in [0, 0.05) is 6.54 Å². The Balaban J connectivity index is 1.81. The van der Waals surface area contributed by atoms with E-state index in [1.54, 1.807) is 12.1 Å². The monoisotopic (exact) mass is 302 g/mol. The second-order valence-electron chi connectivity index (χ2n) is 4.69. The van der Waals surface area contributed by atoms with Crippen molar-refractivity contribution >= 4 is 11.6 Å². The third-order valence-corrected chi connectivity index (χ3v) is 3.03. The van der Waals surface area contributed by atoms with Crippen LogP contribution in [0.4, 0.5) is 10.1 Å². The van der Waals surface area contributed by atoms with Crippen molar-refractivity contribution in [2.75, 3.05) is 18.5 Å². The molecule has 5 heteroatoms. The lowest BCUT2D eigenvalue weighted by molar-refractivity contribution is -0.119. The minimum Gasteiger partial charge on any atom is -0.492 e. The van der Waals surface area contributed by atoms with E-state index >= 15 is 0 Å². The lowest BCUT2D eigenvalue weighted by atomic mass is 10.2. The van der Waals surface area contributed by atoms with Gasteiger partial charge in [0.2, 0.25) is 5.91 Å². The van der Waals surface area contributed by atoms with E-state index in [1.165, 1.54) is 12.1 Å². The molecule has 2 aromatic carbocycles. The van der Waals surface area contributed by atoms with Crippen molar-refractivity contribution in [2.24, 2.45) is 0 Å². The van der Waals surface area contributed by atoms with Crippen molar-refractivity contribution in [1.82, 2.24) is 5.32 Å². The number of hydrogen-bond donors (Lipinski definition) is 2. The quantitative estimate of drug-likeness (QED) is 0.827. The van der Waals surface area contributed by atoms with Gasteiger partial charge in [-0.2, -0.15) is 0 Å². The first-order valence-corrected chi connectivity index (χ1v) is 7.16. The molecule has 0 radical (unpaired) electrons. The summed E-state index contributed by atoms with van der Waals surface area (Å²) >= 11 is 0. The fourth-order valence-electron chi connectivity index (χ4n) is 1.93. The van der Waals surface area contributed by atoms with Crippen molar-refractivity contribution in [3.05, 3.63) is 59.9 Å². The third kappa shape index (κ3) is 4.77. The summed E-state index contributed by atoms with van der Waals surface area (Å²) in [4.78, 5) is 11.8. The summed E-state index contributed by atoms with van der Waals surface area (Å²) in [5.41, 5.74) is 1.63. The maximum atomic E-state index is 12.8. The molecule has 2 rings (SSSR count). The number of anilines is 1. The Hall–Kier alpha value is -2.56.